The maximum atomic E-state index is 9.12. The number of hydrogen-bond donors (Lipinski definition) is 1. The highest BCUT2D eigenvalue weighted by Crippen LogP contribution is 2.13. The summed E-state index contributed by atoms with van der Waals surface area (Å²) >= 11 is 3.31. The van der Waals surface area contributed by atoms with Gasteiger partial charge >= 0.3 is 0 Å². The Balaban J connectivity index is 2.15. The number of hydrogen-bond acceptors (Lipinski definition) is 4. The van der Waals surface area contributed by atoms with Crippen LogP contribution in [0.2, 0.25) is 0 Å². The van der Waals surface area contributed by atoms with E-state index in [4.69, 9.17) is 5.11 Å². The molecule has 1 aromatic heterocycles. The van der Waals surface area contributed by atoms with Gasteiger partial charge in [-0.25, -0.2) is 9.97 Å². The van der Waals surface area contributed by atoms with Gasteiger partial charge in [-0.15, -0.1) is 0 Å². The highest BCUT2D eigenvalue weighted by molar-refractivity contribution is 9.10. The van der Waals surface area contributed by atoms with E-state index in [1.165, 1.54) is 0 Å². The van der Waals surface area contributed by atoms with E-state index in [-0.39, 0.29) is 6.61 Å². The second kappa shape index (κ2) is 6.47. The van der Waals surface area contributed by atoms with E-state index >= 15 is 0 Å². The molecule has 2 aromatic rings. The Morgan fingerprint density at radius 3 is 2.39 bits per heavy atom. The summed E-state index contributed by atoms with van der Waals surface area (Å²) in [5.41, 5.74) is 1.16. The lowest BCUT2D eigenvalue weighted by Crippen LogP contribution is -2.27. The summed E-state index contributed by atoms with van der Waals surface area (Å²) in [6.07, 6.45) is 3.41. The molecule has 0 radical (unpaired) electrons. The van der Waals surface area contributed by atoms with Crippen LogP contribution in [0.1, 0.15) is 5.56 Å². The number of anilines is 1. The zero-order valence-electron chi connectivity index (χ0n) is 9.83. The van der Waals surface area contributed by atoms with Crippen molar-refractivity contribution in [2.75, 3.05) is 18.1 Å². The van der Waals surface area contributed by atoms with Crippen molar-refractivity contribution in [3.63, 3.8) is 0 Å². The van der Waals surface area contributed by atoms with Gasteiger partial charge in [0.15, 0.2) is 0 Å². The number of aliphatic hydroxyl groups is 1. The lowest BCUT2D eigenvalue weighted by molar-refractivity contribution is 0.300. The Morgan fingerprint density at radius 2 is 1.78 bits per heavy atom. The summed E-state index contributed by atoms with van der Waals surface area (Å²) in [6, 6.07) is 10.1. The van der Waals surface area contributed by atoms with Gasteiger partial charge in [-0.05, 0) is 21.5 Å². The molecule has 0 aliphatic heterocycles. The largest absolute Gasteiger partial charge is 0.395 e. The van der Waals surface area contributed by atoms with Crippen LogP contribution in [-0.2, 0) is 6.54 Å². The summed E-state index contributed by atoms with van der Waals surface area (Å²) in [7, 11) is 0. The van der Waals surface area contributed by atoms with Crippen molar-refractivity contribution in [2.24, 2.45) is 0 Å². The normalized spacial score (nSPS) is 10.3. The van der Waals surface area contributed by atoms with Crippen LogP contribution in [0.4, 0.5) is 5.95 Å². The van der Waals surface area contributed by atoms with Crippen LogP contribution in [0.5, 0.6) is 0 Å². The molecule has 2 rings (SSSR count). The van der Waals surface area contributed by atoms with E-state index in [1.807, 2.05) is 35.2 Å². The summed E-state index contributed by atoms with van der Waals surface area (Å²) in [5, 5.41) is 9.12. The van der Waals surface area contributed by atoms with Crippen molar-refractivity contribution in [3.8, 4) is 0 Å². The molecule has 1 heterocycles. The summed E-state index contributed by atoms with van der Waals surface area (Å²) in [6.45, 7) is 1.27. The number of aliphatic hydroxyl groups excluding tert-OH is 1. The van der Waals surface area contributed by atoms with Gasteiger partial charge in [-0.2, -0.15) is 0 Å². The molecule has 0 saturated heterocycles. The topological polar surface area (TPSA) is 49.2 Å². The van der Waals surface area contributed by atoms with E-state index in [2.05, 4.69) is 25.9 Å². The first-order chi connectivity index (χ1) is 8.79. The van der Waals surface area contributed by atoms with Gasteiger partial charge in [-0.3, -0.25) is 0 Å². The minimum absolute atomic E-state index is 0.0757. The van der Waals surface area contributed by atoms with Crippen LogP contribution in [0.3, 0.4) is 0 Å². The SMILES string of the molecule is OCCN(Cc1ccccc1)c1ncc(Br)cn1. The Labute approximate surface area is 114 Å². The predicted molar refractivity (Wildman–Crippen MR) is 74.3 cm³/mol. The molecule has 94 valence electrons. The Hall–Kier alpha value is -1.46. The molecule has 1 aromatic carbocycles. The molecule has 0 unspecified atom stereocenters. The summed E-state index contributed by atoms with van der Waals surface area (Å²) in [5.74, 6) is 0.621. The Morgan fingerprint density at radius 1 is 1.11 bits per heavy atom. The molecule has 18 heavy (non-hydrogen) atoms. The maximum absolute atomic E-state index is 9.12. The fraction of sp³-hybridized carbons (Fsp3) is 0.231. The molecule has 4 nitrogen and oxygen atoms in total. The molecule has 0 atom stereocenters. The van der Waals surface area contributed by atoms with Gasteiger partial charge in [0.05, 0.1) is 11.1 Å². The van der Waals surface area contributed by atoms with Crippen LogP contribution in [0.15, 0.2) is 47.2 Å². The highest BCUT2D eigenvalue weighted by atomic mass is 79.9. The molecule has 0 aliphatic rings. The van der Waals surface area contributed by atoms with Gasteiger partial charge in [0.1, 0.15) is 0 Å². The zero-order valence-corrected chi connectivity index (χ0v) is 11.4. The monoisotopic (exact) mass is 307 g/mol. The lowest BCUT2D eigenvalue weighted by atomic mass is 10.2. The summed E-state index contributed by atoms with van der Waals surface area (Å²) in [4.78, 5) is 10.4. The molecule has 0 aliphatic carbocycles. The van der Waals surface area contributed by atoms with E-state index in [1.54, 1.807) is 12.4 Å². The van der Waals surface area contributed by atoms with Gasteiger partial charge in [-0.1, -0.05) is 30.3 Å². The number of benzene rings is 1. The van der Waals surface area contributed by atoms with Gasteiger partial charge in [0, 0.05) is 25.5 Å². The third kappa shape index (κ3) is 3.51. The molecule has 0 saturated carbocycles. The maximum Gasteiger partial charge on any atom is 0.225 e. The van der Waals surface area contributed by atoms with Gasteiger partial charge < -0.3 is 10.0 Å². The van der Waals surface area contributed by atoms with Crippen molar-refractivity contribution in [1.82, 2.24) is 9.97 Å². The highest BCUT2D eigenvalue weighted by Gasteiger charge is 2.09. The average molecular weight is 308 g/mol. The number of halogens is 1. The second-order valence-corrected chi connectivity index (χ2v) is 4.75. The number of nitrogens with zero attached hydrogens (tertiary/aromatic N) is 3. The van der Waals surface area contributed by atoms with Crippen molar-refractivity contribution in [3.05, 3.63) is 52.8 Å². The first kappa shape index (κ1) is 13.0. The zero-order chi connectivity index (χ0) is 12.8. The molecular formula is C13H14BrN3O. The van der Waals surface area contributed by atoms with Crippen molar-refractivity contribution >= 4 is 21.9 Å². The third-order valence-corrected chi connectivity index (χ3v) is 2.89. The quantitative estimate of drug-likeness (QED) is 0.920. The van der Waals surface area contributed by atoms with Gasteiger partial charge in [0.2, 0.25) is 5.95 Å². The number of rotatable bonds is 5. The summed E-state index contributed by atoms with van der Waals surface area (Å²) < 4.78 is 0.843. The van der Waals surface area contributed by atoms with Crippen molar-refractivity contribution in [1.29, 1.82) is 0 Å². The molecule has 0 spiro atoms. The smallest absolute Gasteiger partial charge is 0.225 e. The molecule has 1 N–H and O–H groups in total. The minimum Gasteiger partial charge on any atom is -0.395 e. The molecule has 5 heteroatoms. The molecule has 0 bridgehead atoms. The molecule has 0 amide bonds. The molecule has 0 fully saturated rings. The first-order valence-corrected chi connectivity index (χ1v) is 6.46. The van der Waals surface area contributed by atoms with Crippen LogP contribution in [-0.4, -0.2) is 28.2 Å². The average Bonchev–Trinajstić information content (AvgIpc) is 2.40. The van der Waals surface area contributed by atoms with Crippen LogP contribution in [0, 0.1) is 0 Å². The minimum atomic E-state index is 0.0757. The van der Waals surface area contributed by atoms with E-state index in [0.717, 1.165) is 10.0 Å². The predicted octanol–water partition coefficient (Wildman–Crippen LogP) is 2.24. The van der Waals surface area contributed by atoms with Crippen LogP contribution >= 0.6 is 15.9 Å². The fourth-order valence-electron chi connectivity index (χ4n) is 1.64. The van der Waals surface area contributed by atoms with Crippen molar-refractivity contribution in [2.45, 2.75) is 6.54 Å². The van der Waals surface area contributed by atoms with E-state index in [9.17, 15) is 0 Å². The Kier molecular flexibility index (Phi) is 4.66. The van der Waals surface area contributed by atoms with E-state index in [0.29, 0.717) is 19.0 Å². The van der Waals surface area contributed by atoms with E-state index < -0.39 is 0 Å². The van der Waals surface area contributed by atoms with Gasteiger partial charge in [0.25, 0.3) is 0 Å². The molecular weight excluding hydrogens is 294 g/mol. The Bertz CT molecular complexity index is 475. The van der Waals surface area contributed by atoms with Crippen molar-refractivity contribution < 1.29 is 5.11 Å². The van der Waals surface area contributed by atoms with Crippen LogP contribution in [0.25, 0.3) is 0 Å². The van der Waals surface area contributed by atoms with Crippen LogP contribution < -0.4 is 4.90 Å². The lowest BCUT2D eigenvalue weighted by Gasteiger charge is -2.21. The fourth-order valence-corrected chi connectivity index (χ4v) is 1.85. The standard InChI is InChI=1S/C13H14BrN3O/c14-12-8-15-13(16-9-12)17(6-7-18)10-11-4-2-1-3-5-11/h1-5,8-9,18H,6-7,10H2. The second-order valence-electron chi connectivity index (χ2n) is 3.83. The first-order valence-electron chi connectivity index (χ1n) is 5.67. The third-order valence-electron chi connectivity index (χ3n) is 2.48. The number of aromatic nitrogens is 2.